The molecule has 1 saturated carbocycles. The minimum absolute atomic E-state index is 0.114. The van der Waals surface area contributed by atoms with E-state index in [1.165, 1.54) is 6.08 Å². The highest BCUT2D eigenvalue weighted by Crippen LogP contribution is 2.52. The molecule has 1 aliphatic heterocycles. The van der Waals surface area contributed by atoms with Crippen molar-refractivity contribution in [2.75, 3.05) is 6.61 Å². The summed E-state index contributed by atoms with van der Waals surface area (Å²) < 4.78 is 11.3. The lowest BCUT2D eigenvalue weighted by Gasteiger charge is -2.34. The fraction of sp³-hybridized carbons (Fsp3) is 0.600. The lowest BCUT2D eigenvalue weighted by molar-refractivity contribution is -0.150. The van der Waals surface area contributed by atoms with Gasteiger partial charge in [-0.05, 0) is 27.2 Å². The van der Waals surface area contributed by atoms with Crippen molar-refractivity contribution in [3.63, 3.8) is 0 Å². The van der Waals surface area contributed by atoms with Gasteiger partial charge in [0.15, 0.2) is 0 Å². The predicted molar refractivity (Wildman–Crippen MR) is 93.8 cm³/mol. The third kappa shape index (κ3) is 2.91. The zero-order valence-corrected chi connectivity index (χ0v) is 15.4. The van der Waals surface area contributed by atoms with Gasteiger partial charge in [0.2, 0.25) is 0 Å². The van der Waals surface area contributed by atoms with Gasteiger partial charge in [0.25, 0.3) is 0 Å². The molecule has 0 aromatic heterocycles. The Labute approximate surface area is 153 Å². The second-order valence-electron chi connectivity index (χ2n) is 7.71. The second-order valence-corrected chi connectivity index (χ2v) is 7.71. The monoisotopic (exact) mass is 362 g/mol. The van der Waals surface area contributed by atoms with E-state index in [0.29, 0.717) is 6.42 Å². The molecule has 0 aromatic rings. The first-order chi connectivity index (χ1) is 12.2. The molecular weight excluding hydrogens is 336 g/mol. The number of esters is 2. The average molecular weight is 362 g/mol. The maximum Gasteiger partial charge on any atom is 0.336 e. The second kappa shape index (κ2) is 6.67. The predicted octanol–water partition coefficient (Wildman–Crippen LogP) is 1.67. The van der Waals surface area contributed by atoms with Gasteiger partial charge in [-0.1, -0.05) is 24.3 Å². The number of rotatable bonds is 3. The van der Waals surface area contributed by atoms with Crippen molar-refractivity contribution < 1.29 is 29.3 Å². The number of carbonyl (C=O) groups excluding carboxylic acids is 2. The lowest BCUT2D eigenvalue weighted by Crippen LogP contribution is -2.40. The quantitative estimate of drug-likeness (QED) is 0.451. The Morgan fingerprint density at radius 1 is 1.50 bits per heavy atom. The van der Waals surface area contributed by atoms with Crippen LogP contribution in [0.25, 0.3) is 0 Å². The SMILES string of the molecule is C=C1C(=O)O[C@@H]2[C@H]3C(C)=CC[C@@H]3[C@](C)(O)C[C@@H](OC(=O)/C(=C\C)CO)[C@@H]12. The molecule has 1 saturated heterocycles. The van der Waals surface area contributed by atoms with Crippen molar-refractivity contribution in [3.05, 3.63) is 35.5 Å². The van der Waals surface area contributed by atoms with E-state index < -0.39 is 42.3 Å². The zero-order chi connectivity index (χ0) is 19.2. The molecule has 0 bridgehead atoms. The fourth-order valence-electron chi connectivity index (χ4n) is 4.67. The summed E-state index contributed by atoms with van der Waals surface area (Å²) >= 11 is 0. The first-order valence-electron chi connectivity index (χ1n) is 8.97. The summed E-state index contributed by atoms with van der Waals surface area (Å²) in [4.78, 5) is 24.6. The Hall–Kier alpha value is -1.92. The number of hydrogen-bond acceptors (Lipinski definition) is 6. The molecule has 2 N–H and O–H groups in total. The van der Waals surface area contributed by atoms with Gasteiger partial charge in [0.05, 0.1) is 23.7 Å². The molecule has 0 amide bonds. The van der Waals surface area contributed by atoms with Crippen LogP contribution in [0.3, 0.4) is 0 Å². The van der Waals surface area contributed by atoms with Crippen molar-refractivity contribution in [2.24, 2.45) is 17.8 Å². The Morgan fingerprint density at radius 2 is 2.19 bits per heavy atom. The van der Waals surface area contributed by atoms with E-state index in [-0.39, 0.29) is 29.4 Å². The Balaban J connectivity index is 1.99. The van der Waals surface area contributed by atoms with Crippen molar-refractivity contribution >= 4 is 11.9 Å². The molecule has 0 unspecified atom stereocenters. The van der Waals surface area contributed by atoms with Crippen molar-refractivity contribution in [1.82, 2.24) is 0 Å². The summed E-state index contributed by atoms with van der Waals surface area (Å²) in [5.74, 6) is -1.88. The molecule has 142 valence electrons. The Morgan fingerprint density at radius 3 is 2.81 bits per heavy atom. The molecule has 6 nitrogen and oxygen atoms in total. The highest BCUT2D eigenvalue weighted by molar-refractivity contribution is 5.92. The maximum absolute atomic E-state index is 12.4. The maximum atomic E-state index is 12.4. The summed E-state index contributed by atoms with van der Waals surface area (Å²) in [5, 5.41) is 20.4. The Kier molecular flexibility index (Phi) is 4.84. The van der Waals surface area contributed by atoms with Crippen LogP contribution in [0.1, 0.15) is 33.6 Å². The number of ether oxygens (including phenoxy) is 2. The summed E-state index contributed by atoms with van der Waals surface area (Å²) in [5.41, 5.74) is 0.396. The first kappa shape index (κ1) is 18.9. The van der Waals surface area contributed by atoms with Crippen LogP contribution in [0.15, 0.2) is 35.5 Å². The van der Waals surface area contributed by atoms with Gasteiger partial charge in [-0.25, -0.2) is 9.59 Å². The number of allylic oxidation sites excluding steroid dienone is 2. The molecule has 2 aliphatic carbocycles. The van der Waals surface area contributed by atoms with E-state index in [1.807, 2.05) is 6.92 Å². The number of aliphatic hydroxyl groups is 2. The van der Waals surface area contributed by atoms with Crippen molar-refractivity contribution in [3.8, 4) is 0 Å². The molecule has 6 heteroatoms. The third-order valence-electron chi connectivity index (χ3n) is 6.12. The summed E-state index contributed by atoms with van der Waals surface area (Å²) in [6, 6.07) is 0. The summed E-state index contributed by atoms with van der Waals surface area (Å²) in [6.07, 6.45) is 3.18. The summed E-state index contributed by atoms with van der Waals surface area (Å²) in [7, 11) is 0. The number of hydrogen-bond donors (Lipinski definition) is 2. The Bertz CT molecular complexity index is 701. The fourth-order valence-corrected chi connectivity index (χ4v) is 4.67. The standard InChI is InChI=1S/C20H26O6/c1-5-12(9-21)19(23)25-14-8-20(4,24)13-7-6-10(2)15(13)17-16(14)11(3)18(22)26-17/h5-6,13-17,21,24H,3,7-9H2,1-2,4H3/b12-5-/t13-,14+,15-,16+,17+,20+/m0/s1. The van der Waals surface area contributed by atoms with Crippen molar-refractivity contribution in [2.45, 2.75) is 51.4 Å². The van der Waals surface area contributed by atoms with Gasteiger partial charge in [0.1, 0.15) is 12.2 Å². The lowest BCUT2D eigenvalue weighted by atomic mass is 9.76. The van der Waals surface area contributed by atoms with Gasteiger partial charge < -0.3 is 19.7 Å². The van der Waals surface area contributed by atoms with E-state index in [4.69, 9.17) is 9.47 Å². The highest BCUT2D eigenvalue weighted by atomic mass is 16.6. The van der Waals surface area contributed by atoms with Crippen LogP contribution in [-0.4, -0.2) is 46.6 Å². The number of aliphatic hydroxyl groups excluding tert-OH is 1. The van der Waals surface area contributed by atoms with E-state index in [2.05, 4.69) is 12.7 Å². The van der Waals surface area contributed by atoms with Gasteiger partial charge >= 0.3 is 11.9 Å². The smallest absolute Gasteiger partial charge is 0.336 e. The highest BCUT2D eigenvalue weighted by Gasteiger charge is 2.58. The zero-order valence-electron chi connectivity index (χ0n) is 15.4. The van der Waals surface area contributed by atoms with Crippen LogP contribution in [0.4, 0.5) is 0 Å². The topological polar surface area (TPSA) is 93.1 Å². The molecule has 3 aliphatic rings. The molecule has 6 atom stereocenters. The van der Waals surface area contributed by atoms with Gasteiger partial charge in [-0.2, -0.15) is 0 Å². The van der Waals surface area contributed by atoms with Gasteiger partial charge in [0, 0.05) is 23.8 Å². The van der Waals surface area contributed by atoms with Gasteiger partial charge in [-0.15, -0.1) is 0 Å². The molecule has 1 heterocycles. The average Bonchev–Trinajstić information content (AvgIpc) is 3.06. The molecular formula is C20H26O6. The number of carbonyl (C=O) groups is 2. The summed E-state index contributed by atoms with van der Waals surface area (Å²) in [6.45, 7) is 8.78. The molecule has 2 fully saturated rings. The minimum atomic E-state index is -1.09. The minimum Gasteiger partial charge on any atom is -0.458 e. The van der Waals surface area contributed by atoms with E-state index in [9.17, 15) is 19.8 Å². The normalized spacial score (nSPS) is 39.7. The van der Waals surface area contributed by atoms with Crippen LogP contribution in [0, 0.1) is 17.8 Å². The molecule has 26 heavy (non-hydrogen) atoms. The van der Waals surface area contributed by atoms with Crippen LogP contribution in [-0.2, 0) is 19.1 Å². The molecule has 0 radical (unpaired) electrons. The largest absolute Gasteiger partial charge is 0.458 e. The molecule has 0 spiro atoms. The van der Waals surface area contributed by atoms with E-state index in [0.717, 1.165) is 5.57 Å². The van der Waals surface area contributed by atoms with E-state index in [1.54, 1.807) is 13.8 Å². The number of fused-ring (bicyclic) bond motifs is 3. The van der Waals surface area contributed by atoms with Crippen molar-refractivity contribution in [1.29, 1.82) is 0 Å². The molecule has 0 aromatic carbocycles. The molecule has 3 rings (SSSR count). The first-order valence-corrected chi connectivity index (χ1v) is 8.97. The van der Waals surface area contributed by atoms with Crippen LogP contribution in [0.5, 0.6) is 0 Å². The van der Waals surface area contributed by atoms with E-state index >= 15 is 0 Å². The van der Waals surface area contributed by atoms with Crippen LogP contribution < -0.4 is 0 Å². The third-order valence-corrected chi connectivity index (χ3v) is 6.12. The van der Waals surface area contributed by atoms with Gasteiger partial charge in [-0.3, -0.25) is 0 Å². The van der Waals surface area contributed by atoms with Crippen LogP contribution in [0.2, 0.25) is 0 Å². The van der Waals surface area contributed by atoms with Crippen LogP contribution >= 0.6 is 0 Å².